The van der Waals surface area contributed by atoms with Crippen molar-refractivity contribution in [2.45, 2.75) is 0 Å². The Balaban J connectivity index is 2.47. The molecule has 0 bridgehead atoms. The SMILES string of the molecule is Ic1ccc2nc3ccccc3cc2c1. The molecule has 2 aromatic carbocycles. The number of nitrogens with zero attached hydrogens (tertiary/aromatic N) is 1. The molecule has 1 heterocycles. The predicted octanol–water partition coefficient (Wildman–Crippen LogP) is 3.99. The molecule has 0 fully saturated rings. The molecule has 3 rings (SSSR count). The summed E-state index contributed by atoms with van der Waals surface area (Å²) in [6.45, 7) is 0. The molecule has 3 aromatic rings. The van der Waals surface area contributed by atoms with Gasteiger partial charge in [0.2, 0.25) is 0 Å². The summed E-state index contributed by atoms with van der Waals surface area (Å²) in [5.41, 5.74) is 2.13. The maximum absolute atomic E-state index is 4.62. The van der Waals surface area contributed by atoms with Crippen molar-refractivity contribution in [3.63, 3.8) is 0 Å². The van der Waals surface area contributed by atoms with E-state index in [1.54, 1.807) is 0 Å². The zero-order valence-corrected chi connectivity index (χ0v) is 10.1. The molecule has 0 N–H and O–H groups in total. The van der Waals surface area contributed by atoms with Gasteiger partial charge in [0.15, 0.2) is 0 Å². The van der Waals surface area contributed by atoms with Crippen molar-refractivity contribution in [2.24, 2.45) is 0 Å². The van der Waals surface area contributed by atoms with Gasteiger partial charge in [-0.25, -0.2) is 4.98 Å². The smallest absolute Gasteiger partial charge is 0.0710 e. The number of benzene rings is 2. The second-order valence-electron chi connectivity index (χ2n) is 3.52. The van der Waals surface area contributed by atoms with E-state index in [1.807, 2.05) is 18.2 Å². The van der Waals surface area contributed by atoms with Crippen LogP contribution in [0.25, 0.3) is 21.8 Å². The zero-order valence-electron chi connectivity index (χ0n) is 7.94. The number of pyridine rings is 1. The van der Waals surface area contributed by atoms with Crippen LogP contribution in [-0.2, 0) is 0 Å². The molecule has 0 amide bonds. The number of fused-ring (bicyclic) bond motifs is 2. The van der Waals surface area contributed by atoms with E-state index < -0.39 is 0 Å². The lowest BCUT2D eigenvalue weighted by Crippen LogP contribution is -1.82. The fourth-order valence-electron chi connectivity index (χ4n) is 1.75. The van der Waals surface area contributed by atoms with Crippen LogP contribution in [0.1, 0.15) is 0 Å². The third kappa shape index (κ3) is 1.59. The molecule has 1 aromatic heterocycles. The molecule has 0 spiro atoms. The van der Waals surface area contributed by atoms with Crippen LogP contribution in [0.3, 0.4) is 0 Å². The summed E-state index contributed by atoms with van der Waals surface area (Å²) in [7, 11) is 0. The molecule has 72 valence electrons. The Morgan fingerprint density at radius 2 is 1.60 bits per heavy atom. The van der Waals surface area contributed by atoms with E-state index in [4.69, 9.17) is 0 Å². The summed E-state index contributed by atoms with van der Waals surface area (Å²) in [5.74, 6) is 0. The van der Waals surface area contributed by atoms with Gasteiger partial charge in [0.25, 0.3) is 0 Å². The molecule has 0 aliphatic carbocycles. The Morgan fingerprint density at radius 3 is 2.53 bits per heavy atom. The van der Waals surface area contributed by atoms with Crippen molar-refractivity contribution in [1.82, 2.24) is 4.98 Å². The lowest BCUT2D eigenvalue weighted by molar-refractivity contribution is 1.49. The molecule has 15 heavy (non-hydrogen) atoms. The van der Waals surface area contributed by atoms with Crippen LogP contribution in [0.2, 0.25) is 0 Å². The third-order valence-corrected chi connectivity index (χ3v) is 3.15. The molecular formula is C13H8IN. The lowest BCUT2D eigenvalue weighted by atomic mass is 10.1. The van der Waals surface area contributed by atoms with Gasteiger partial charge in [0.1, 0.15) is 0 Å². The number of hydrogen-bond acceptors (Lipinski definition) is 1. The highest BCUT2D eigenvalue weighted by Gasteiger charge is 1.98. The predicted molar refractivity (Wildman–Crippen MR) is 72.0 cm³/mol. The second kappa shape index (κ2) is 3.45. The van der Waals surface area contributed by atoms with Crippen molar-refractivity contribution >= 4 is 44.4 Å². The van der Waals surface area contributed by atoms with Crippen molar-refractivity contribution < 1.29 is 0 Å². The summed E-state index contributed by atoms with van der Waals surface area (Å²) >= 11 is 2.32. The van der Waals surface area contributed by atoms with Gasteiger partial charge >= 0.3 is 0 Å². The molecular weight excluding hydrogens is 297 g/mol. The molecule has 0 saturated heterocycles. The van der Waals surface area contributed by atoms with Crippen LogP contribution in [0, 0.1) is 3.57 Å². The van der Waals surface area contributed by atoms with Gasteiger partial charge in [-0.15, -0.1) is 0 Å². The topological polar surface area (TPSA) is 12.9 Å². The summed E-state index contributed by atoms with van der Waals surface area (Å²) < 4.78 is 1.25. The zero-order chi connectivity index (χ0) is 10.3. The molecule has 0 aliphatic rings. The van der Waals surface area contributed by atoms with E-state index in [0.29, 0.717) is 0 Å². The molecule has 0 aliphatic heterocycles. The minimum atomic E-state index is 1.06. The van der Waals surface area contributed by atoms with Crippen LogP contribution in [0.15, 0.2) is 48.5 Å². The van der Waals surface area contributed by atoms with Crippen molar-refractivity contribution in [3.05, 3.63) is 52.1 Å². The second-order valence-corrected chi connectivity index (χ2v) is 4.76. The first-order valence-electron chi connectivity index (χ1n) is 4.78. The van der Waals surface area contributed by atoms with E-state index >= 15 is 0 Å². The van der Waals surface area contributed by atoms with Crippen molar-refractivity contribution in [3.8, 4) is 0 Å². The van der Waals surface area contributed by atoms with Crippen LogP contribution in [-0.4, -0.2) is 4.98 Å². The molecule has 0 radical (unpaired) electrons. The van der Waals surface area contributed by atoms with E-state index in [1.165, 1.54) is 14.3 Å². The highest BCUT2D eigenvalue weighted by atomic mass is 127. The Morgan fingerprint density at radius 1 is 0.800 bits per heavy atom. The van der Waals surface area contributed by atoms with Crippen LogP contribution < -0.4 is 0 Å². The molecule has 0 saturated carbocycles. The lowest BCUT2D eigenvalue weighted by Gasteiger charge is -2.01. The van der Waals surface area contributed by atoms with Crippen LogP contribution >= 0.6 is 22.6 Å². The number of hydrogen-bond donors (Lipinski definition) is 0. The van der Waals surface area contributed by atoms with Crippen molar-refractivity contribution in [2.75, 3.05) is 0 Å². The summed E-state index contributed by atoms with van der Waals surface area (Å²) in [5, 5.41) is 2.41. The molecule has 0 unspecified atom stereocenters. The molecule has 2 heteroatoms. The van der Waals surface area contributed by atoms with Gasteiger partial charge in [0.05, 0.1) is 11.0 Å². The van der Waals surface area contributed by atoms with Crippen molar-refractivity contribution in [1.29, 1.82) is 0 Å². The largest absolute Gasteiger partial charge is 0.248 e. The number of aromatic nitrogens is 1. The fraction of sp³-hybridized carbons (Fsp3) is 0. The quantitative estimate of drug-likeness (QED) is 0.452. The molecule has 1 nitrogen and oxygen atoms in total. The standard InChI is InChI=1S/C13H8IN/c14-11-5-6-13-10(8-11)7-9-3-1-2-4-12(9)15-13/h1-8H. The minimum Gasteiger partial charge on any atom is -0.248 e. The minimum absolute atomic E-state index is 1.06. The fourth-order valence-corrected chi connectivity index (χ4v) is 2.27. The van der Waals surface area contributed by atoms with E-state index in [-0.39, 0.29) is 0 Å². The highest BCUT2D eigenvalue weighted by molar-refractivity contribution is 14.1. The van der Waals surface area contributed by atoms with E-state index in [2.05, 4.69) is 57.9 Å². The first-order valence-corrected chi connectivity index (χ1v) is 5.86. The Labute approximate surface area is 101 Å². The van der Waals surface area contributed by atoms with Gasteiger partial charge in [0, 0.05) is 14.3 Å². The van der Waals surface area contributed by atoms with E-state index in [0.717, 1.165) is 11.0 Å². The maximum Gasteiger partial charge on any atom is 0.0710 e. The Bertz CT molecular complexity index is 646. The van der Waals surface area contributed by atoms with Crippen LogP contribution in [0.4, 0.5) is 0 Å². The highest BCUT2D eigenvalue weighted by Crippen LogP contribution is 2.20. The first-order chi connectivity index (χ1) is 7.33. The van der Waals surface area contributed by atoms with Gasteiger partial charge in [-0.05, 0) is 52.9 Å². The van der Waals surface area contributed by atoms with Gasteiger partial charge < -0.3 is 0 Å². The van der Waals surface area contributed by atoms with Gasteiger partial charge in [-0.1, -0.05) is 18.2 Å². The monoisotopic (exact) mass is 305 g/mol. The normalized spacial score (nSPS) is 11.0. The maximum atomic E-state index is 4.62. The summed E-state index contributed by atoms with van der Waals surface area (Å²) in [6.07, 6.45) is 0. The number of para-hydroxylation sites is 1. The third-order valence-electron chi connectivity index (χ3n) is 2.48. The van der Waals surface area contributed by atoms with Crippen LogP contribution in [0.5, 0.6) is 0 Å². The average Bonchev–Trinajstić information content (AvgIpc) is 2.26. The average molecular weight is 305 g/mol. The van der Waals surface area contributed by atoms with Gasteiger partial charge in [-0.3, -0.25) is 0 Å². The first kappa shape index (κ1) is 9.09. The Kier molecular flexibility index (Phi) is 2.09. The summed E-state index contributed by atoms with van der Waals surface area (Å²) in [4.78, 5) is 4.62. The molecule has 0 atom stereocenters. The summed E-state index contributed by atoms with van der Waals surface area (Å²) in [6, 6.07) is 16.7. The van der Waals surface area contributed by atoms with Gasteiger partial charge in [-0.2, -0.15) is 0 Å². The number of halogens is 1. The number of rotatable bonds is 0. The Hall–Kier alpha value is -1.16. The van der Waals surface area contributed by atoms with E-state index in [9.17, 15) is 0 Å².